The normalized spacial score (nSPS) is 11.3. The highest BCUT2D eigenvalue weighted by Crippen LogP contribution is 2.28. The molecule has 0 aromatic carbocycles. The van der Waals surface area contributed by atoms with E-state index in [9.17, 15) is 18.0 Å². The topological polar surface area (TPSA) is 66.9 Å². The Hall–Kier alpha value is -1.38. The molecule has 1 heterocycles. The third-order valence-corrected chi connectivity index (χ3v) is 2.55. The van der Waals surface area contributed by atoms with Crippen molar-refractivity contribution < 1.29 is 18.0 Å². The van der Waals surface area contributed by atoms with Crippen LogP contribution in [-0.2, 0) is 11.0 Å². The number of carbonyl (C=O) groups is 1. The monoisotopic (exact) mass is 282 g/mol. The third kappa shape index (κ3) is 4.86. The number of amides is 1. The average Bonchev–Trinajstić information content (AvgIpc) is 2.74. The van der Waals surface area contributed by atoms with E-state index in [1.807, 2.05) is 6.92 Å². The molecule has 5 nitrogen and oxygen atoms in total. The Morgan fingerprint density at radius 1 is 1.39 bits per heavy atom. The van der Waals surface area contributed by atoms with Crippen molar-refractivity contribution in [3.05, 3.63) is 5.82 Å². The van der Waals surface area contributed by atoms with Crippen molar-refractivity contribution in [1.82, 2.24) is 14.7 Å². The number of nitrogens with zero attached hydrogens (tertiary/aromatic N) is 2. The van der Waals surface area contributed by atoms with Gasteiger partial charge in [-0.05, 0) is 6.42 Å². The van der Waals surface area contributed by atoms with Gasteiger partial charge >= 0.3 is 6.18 Å². The lowest BCUT2D eigenvalue weighted by Crippen LogP contribution is -2.25. The van der Waals surface area contributed by atoms with E-state index >= 15 is 0 Å². The number of anilines is 1. The van der Waals surface area contributed by atoms with Gasteiger partial charge < -0.3 is 10.6 Å². The minimum Gasteiger partial charge on any atom is -0.360 e. The predicted molar refractivity (Wildman–Crippen MR) is 61.3 cm³/mol. The zero-order chi connectivity index (χ0) is 13.6. The second-order valence-electron chi connectivity index (χ2n) is 3.45. The first kappa shape index (κ1) is 14.7. The first-order chi connectivity index (χ1) is 8.43. The molecule has 0 aliphatic rings. The summed E-state index contributed by atoms with van der Waals surface area (Å²) in [6, 6.07) is 0. The number of carbonyl (C=O) groups excluding carboxylic acids is 1. The van der Waals surface area contributed by atoms with Gasteiger partial charge in [-0.25, -0.2) is 0 Å². The highest BCUT2D eigenvalue weighted by atomic mass is 32.1. The number of nitrogens with one attached hydrogen (secondary N) is 2. The molecule has 1 aromatic rings. The summed E-state index contributed by atoms with van der Waals surface area (Å²) in [6.45, 7) is 2.75. The lowest BCUT2D eigenvalue weighted by Gasteiger charge is -2.03. The van der Waals surface area contributed by atoms with E-state index in [1.165, 1.54) is 0 Å². The van der Waals surface area contributed by atoms with Crippen molar-refractivity contribution in [3.8, 4) is 0 Å². The molecule has 1 amide bonds. The Morgan fingerprint density at radius 3 is 2.67 bits per heavy atom. The number of rotatable bonds is 6. The molecule has 0 unspecified atom stereocenters. The van der Waals surface area contributed by atoms with Gasteiger partial charge in [0, 0.05) is 31.0 Å². The van der Waals surface area contributed by atoms with Gasteiger partial charge in [-0.1, -0.05) is 6.92 Å². The van der Waals surface area contributed by atoms with Gasteiger partial charge in [-0.2, -0.15) is 22.5 Å². The lowest BCUT2D eigenvalue weighted by molar-refractivity contribution is -0.144. The quantitative estimate of drug-likeness (QED) is 0.836. The smallest absolute Gasteiger partial charge is 0.360 e. The molecule has 0 aliphatic heterocycles. The van der Waals surface area contributed by atoms with Crippen LogP contribution in [0.2, 0.25) is 0 Å². The van der Waals surface area contributed by atoms with Crippen LogP contribution in [0.15, 0.2) is 0 Å². The summed E-state index contributed by atoms with van der Waals surface area (Å²) in [5.41, 5.74) is 0. The molecule has 1 aromatic heterocycles. The van der Waals surface area contributed by atoms with Gasteiger partial charge in [0.15, 0.2) is 0 Å². The van der Waals surface area contributed by atoms with Crippen LogP contribution >= 0.6 is 11.5 Å². The second-order valence-corrected chi connectivity index (χ2v) is 4.20. The summed E-state index contributed by atoms with van der Waals surface area (Å²) in [5, 5.41) is 5.35. The maximum absolute atomic E-state index is 12.2. The maximum Gasteiger partial charge on any atom is 0.452 e. The second kappa shape index (κ2) is 6.53. The fourth-order valence-electron chi connectivity index (χ4n) is 1.05. The zero-order valence-corrected chi connectivity index (χ0v) is 10.5. The molecular weight excluding hydrogens is 269 g/mol. The molecule has 0 atom stereocenters. The number of halogens is 3. The van der Waals surface area contributed by atoms with E-state index in [2.05, 4.69) is 20.0 Å². The molecule has 0 aliphatic carbocycles. The number of aromatic nitrogens is 2. The lowest BCUT2D eigenvalue weighted by atomic mass is 10.4. The van der Waals surface area contributed by atoms with Crippen LogP contribution in [0, 0.1) is 0 Å². The van der Waals surface area contributed by atoms with E-state index in [0.717, 1.165) is 6.42 Å². The fraction of sp³-hybridized carbons (Fsp3) is 0.667. The summed E-state index contributed by atoms with van der Waals surface area (Å²) in [5.74, 6) is -1.31. The minimum atomic E-state index is -4.53. The van der Waals surface area contributed by atoms with Gasteiger partial charge in [0.25, 0.3) is 0 Å². The largest absolute Gasteiger partial charge is 0.452 e. The van der Waals surface area contributed by atoms with E-state index < -0.39 is 12.0 Å². The van der Waals surface area contributed by atoms with Crippen LogP contribution in [0.25, 0.3) is 0 Å². The van der Waals surface area contributed by atoms with Gasteiger partial charge in [0.1, 0.15) is 0 Å². The van der Waals surface area contributed by atoms with Crippen LogP contribution in [-0.4, -0.2) is 28.4 Å². The minimum absolute atomic E-state index is 0.0608. The van der Waals surface area contributed by atoms with Crippen molar-refractivity contribution in [2.45, 2.75) is 25.9 Å². The number of alkyl halides is 3. The molecule has 0 saturated carbocycles. The van der Waals surface area contributed by atoms with Crippen molar-refractivity contribution in [3.63, 3.8) is 0 Å². The first-order valence-corrected chi connectivity index (χ1v) is 6.12. The zero-order valence-electron chi connectivity index (χ0n) is 9.67. The van der Waals surface area contributed by atoms with E-state index in [4.69, 9.17) is 0 Å². The molecule has 0 fully saturated rings. The van der Waals surface area contributed by atoms with Gasteiger partial charge in [0.2, 0.25) is 16.9 Å². The predicted octanol–water partition coefficient (Wildman–Crippen LogP) is 1.89. The first-order valence-electron chi connectivity index (χ1n) is 5.35. The molecule has 0 radical (unpaired) electrons. The van der Waals surface area contributed by atoms with Crippen molar-refractivity contribution in [2.24, 2.45) is 0 Å². The number of hydrogen-bond donors (Lipinski definition) is 2. The summed E-state index contributed by atoms with van der Waals surface area (Å²) in [7, 11) is 0. The fourth-order valence-corrected chi connectivity index (χ4v) is 1.66. The van der Waals surface area contributed by atoms with Crippen LogP contribution in [0.5, 0.6) is 0 Å². The Balaban J connectivity index is 2.32. The molecule has 0 spiro atoms. The molecular formula is C9H13F3N4OS. The number of hydrogen-bond acceptors (Lipinski definition) is 5. The Labute approximate surface area is 106 Å². The molecule has 1 rings (SSSR count). The Bertz CT molecular complexity index is 393. The van der Waals surface area contributed by atoms with Crippen molar-refractivity contribution in [1.29, 1.82) is 0 Å². The van der Waals surface area contributed by atoms with Crippen LogP contribution in [0.1, 0.15) is 25.6 Å². The summed E-state index contributed by atoms with van der Waals surface area (Å²) < 4.78 is 39.7. The van der Waals surface area contributed by atoms with E-state index in [-0.39, 0.29) is 24.0 Å². The average molecular weight is 282 g/mol. The Kier molecular flexibility index (Phi) is 5.32. The molecule has 102 valence electrons. The summed E-state index contributed by atoms with van der Waals surface area (Å²) >= 11 is 0.622. The SMILES string of the molecule is CCCNC(=O)CCNc1nc(C(F)(F)F)ns1. The molecule has 2 N–H and O–H groups in total. The van der Waals surface area contributed by atoms with E-state index in [1.54, 1.807) is 0 Å². The van der Waals surface area contributed by atoms with Crippen LogP contribution in [0.3, 0.4) is 0 Å². The molecule has 9 heteroatoms. The highest BCUT2D eigenvalue weighted by Gasteiger charge is 2.36. The maximum atomic E-state index is 12.2. The van der Waals surface area contributed by atoms with Crippen molar-refractivity contribution in [2.75, 3.05) is 18.4 Å². The molecule has 18 heavy (non-hydrogen) atoms. The van der Waals surface area contributed by atoms with Gasteiger partial charge in [-0.3, -0.25) is 4.79 Å². The third-order valence-electron chi connectivity index (χ3n) is 1.88. The standard InChI is InChI=1S/C9H13F3N4OS/c1-2-4-13-6(17)3-5-14-8-15-7(16-18-8)9(10,11)12/h2-5H2,1H3,(H,13,17)(H,14,15,16). The summed E-state index contributed by atoms with van der Waals surface area (Å²) in [6.07, 6.45) is -3.51. The Morgan fingerprint density at radius 2 is 2.11 bits per heavy atom. The van der Waals surface area contributed by atoms with Crippen molar-refractivity contribution >= 4 is 22.6 Å². The van der Waals surface area contributed by atoms with Crippen LogP contribution < -0.4 is 10.6 Å². The van der Waals surface area contributed by atoms with E-state index in [0.29, 0.717) is 18.1 Å². The van der Waals surface area contributed by atoms with Crippen LogP contribution in [0.4, 0.5) is 18.3 Å². The molecule has 0 saturated heterocycles. The highest BCUT2D eigenvalue weighted by molar-refractivity contribution is 7.09. The molecule has 0 bridgehead atoms. The van der Waals surface area contributed by atoms with Gasteiger partial charge in [0.05, 0.1) is 0 Å². The summed E-state index contributed by atoms with van der Waals surface area (Å²) in [4.78, 5) is 14.5. The van der Waals surface area contributed by atoms with Gasteiger partial charge in [-0.15, -0.1) is 0 Å².